The maximum absolute atomic E-state index is 6.32. The van der Waals surface area contributed by atoms with E-state index >= 15 is 0 Å². The van der Waals surface area contributed by atoms with Crippen LogP contribution in [0.4, 0.5) is 0 Å². The maximum Gasteiger partial charge on any atom is 0.236 e. The van der Waals surface area contributed by atoms with Gasteiger partial charge in [0.15, 0.2) is 5.69 Å². The topological polar surface area (TPSA) is 72.3 Å². The molecule has 0 amide bonds. The van der Waals surface area contributed by atoms with Crippen LogP contribution in [0.5, 0.6) is 0 Å². The molecule has 23 aromatic rings. The minimum absolute atomic E-state index is 0.294. The van der Waals surface area contributed by atoms with Gasteiger partial charge in [0.05, 0.1) is 43.4 Å². The van der Waals surface area contributed by atoms with Crippen molar-refractivity contribution in [2.75, 3.05) is 0 Å². The molecular formula is C88H46ClN6S6+. The minimum atomic E-state index is 0.294. The van der Waals surface area contributed by atoms with Crippen molar-refractivity contribution in [3.8, 4) is 28.5 Å². The first-order valence-electron chi connectivity index (χ1n) is 33.3. The molecule has 1 N–H and O–H groups in total. The molecular weight excluding hydrogens is 1370 g/mol. The van der Waals surface area contributed by atoms with E-state index in [1.54, 1.807) is 34.0 Å². The Bertz CT molecular complexity index is 7580. The quantitative estimate of drug-likeness (QED) is 0.141. The summed E-state index contributed by atoms with van der Waals surface area (Å²) in [4.78, 5) is 25.9. The Kier molecular flexibility index (Phi) is 12.8. The highest BCUT2D eigenvalue weighted by atomic mass is 35.5. The summed E-state index contributed by atoms with van der Waals surface area (Å²) in [5, 5.41) is 24.3. The molecule has 10 aromatic heterocycles. The van der Waals surface area contributed by atoms with Crippen LogP contribution in [0.15, 0.2) is 261 Å². The first-order valence-corrected chi connectivity index (χ1v) is 38.5. The van der Waals surface area contributed by atoms with E-state index in [1.165, 1.54) is 155 Å². The number of para-hydroxylation sites is 1. The lowest BCUT2D eigenvalue weighted by Gasteiger charge is -2.12. The number of fused-ring (bicyclic) bond motifs is 32. The zero-order valence-electron chi connectivity index (χ0n) is 53.0. The third-order valence-electron chi connectivity index (χ3n) is 20.0. The standard InChI is InChI=1S/C44H23N3S3.C22H11ClN2S2.C22H12NS/c1-2-14-26-25(13-1)36-28-15-3-7-20-32(28)47(40(36)42-37(26)29-16-5-9-22-34(29)49-42)44-45-39(38-30-17-6-10-23-35(30)50-43(38)46-44)31-19-11-18-27-24-12-4-8-21-33(24)48-41(27)31;23-22-24-19(18-14-7-2-4-11-17(14)27-21(18)25-22)15-9-5-8-13-12-6-1-3-10-16(12)26-20(13)15;1-2-8-14-13(7-1)19-15-9-3-5-11-17(15)23-21(19)22-20(14)16-10-4-6-12-18(16)24-22/h1-23H;1-11H;1-4,6-12,23H/q;;+1. The number of thiophene rings is 6. The SMILES string of the molecule is Clc1nc(-c2cccc3c2sc2ccccc23)c2c(n1)sc1ccccc12.[C+]1=Cc2[nH]c3c4sc5ccccc5c4c4ccccc4c3c2C=C1.c1ccc2c(c1)sc1c(-c3nc(-n4c5ccccc5c5c6ccccc6c6c7ccccc7sc6c54)nc4sc5ccccc5c34)cccc12. The van der Waals surface area contributed by atoms with Crippen LogP contribution >= 0.6 is 79.6 Å². The number of aromatic nitrogens is 6. The zero-order valence-corrected chi connectivity index (χ0v) is 58.7. The summed E-state index contributed by atoms with van der Waals surface area (Å²) in [6.07, 6.45) is 9.40. The highest BCUT2D eigenvalue weighted by molar-refractivity contribution is 7.28. The van der Waals surface area contributed by atoms with Gasteiger partial charge in [0, 0.05) is 136 Å². The molecule has 0 aliphatic heterocycles. The number of nitrogens with zero attached hydrogens (tertiary/aromatic N) is 5. The molecule has 0 atom stereocenters. The predicted molar refractivity (Wildman–Crippen MR) is 442 cm³/mol. The van der Waals surface area contributed by atoms with Crippen LogP contribution in [0.1, 0.15) is 11.3 Å². The Morgan fingerprint density at radius 1 is 0.327 bits per heavy atom. The highest BCUT2D eigenvalue weighted by Crippen LogP contribution is 2.52. The Morgan fingerprint density at radius 3 is 1.30 bits per heavy atom. The monoisotopic (exact) mass is 1410 g/mol. The Labute approximate surface area is 603 Å². The summed E-state index contributed by atoms with van der Waals surface area (Å²) in [6.45, 7) is 0. The maximum atomic E-state index is 6.32. The largest absolute Gasteiger partial charge is 0.299 e. The normalized spacial score (nSPS) is 12.4. The third kappa shape index (κ3) is 8.63. The molecule has 0 bridgehead atoms. The van der Waals surface area contributed by atoms with Gasteiger partial charge in [0.1, 0.15) is 27.4 Å². The van der Waals surface area contributed by atoms with Crippen molar-refractivity contribution in [2.45, 2.75) is 0 Å². The van der Waals surface area contributed by atoms with Crippen LogP contribution in [0.2, 0.25) is 5.28 Å². The lowest BCUT2D eigenvalue weighted by molar-refractivity contribution is 1.02. The molecule has 10 heterocycles. The Balaban J connectivity index is 0.000000106. The van der Waals surface area contributed by atoms with Crippen molar-refractivity contribution in [3.63, 3.8) is 0 Å². The molecule has 0 radical (unpaired) electrons. The lowest BCUT2D eigenvalue weighted by atomic mass is 9.97. The number of rotatable bonds is 3. The van der Waals surface area contributed by atoms with Gasteiger partial charge in [-0.15, -0.1) is 68.0 Å². The van der Waals surface area contributed by atoms with Crippen LogP contribution < -0.4 is 0 Å². The van der Waals surface area contributed by atoms with Gasteiger partial charge in [-0.2, -0.15) is 0 Å². The van der Waals surface area contributed by atoms with E-state index in [0.717, 1.165) is 54.2 Å². The molecule has 24 rings (SSSR count). The molecule has 13 aromatic carbocycles. The fourth-order valence-electron chi connectivity index (χ4n) is 15.8. The second-order valence-corrected chi connectivity index (χ2v) is 32.1. The number of halogens is 1. The van der Waals surface area contributed by atoms with Gasteiger partial charge in [-0.1, -0.05) is 212 Å². The smallest absolute Gasteiger partial charge is 0.236 e. The van der Waals surface area contributed by atoms with Gasteiger partial charge in [-0.25, -0.2) is 19.9 Å². The zero-order chi connectivity index (χ0) is 66.1. The van der Waals surface area contributed by atoms with Crippen molar-refractivity contribution in [1.82, 2.24) is 29.5 Å². The highest BCUT2D eigenvalue weighted by Gasteiger charge is 2.28. The van der Waals surface area contributed by atoms with Crippen LogP contribution in [-0.2, 0) is 0 Å². The summed E-state index contributed by atoms with van der Waals surface area (Å²) in [7, 11) is 0. The fraction of sp³-hybridized carbons (Fsp3) is 0. The summed E-state index contributed by atoms with van der Waals surface area (Å²) in [6, 6.07) is 91.4. The molecule has 6 nitrogen and oxygen atoms in total. The number of hydrogen-bond acceptors (Lipinski definition) is 10. The summed E-state index contributed by atoms with van der Waals surface area (Å²) in [5.74, 6) is 0.706. The summed E-state index contributed by atoms with van der Waals surface area (Å²) in [5.41, 5.74) is 10.1. The van der Waals surface area contributed by atoms with Crippen molar-refractivity contribution in [2.24, 2.45) is 0 Å². The summed E-state index contributed by atoms with van der Waals surface area (Å²) >= 11 is 17.1. The molecule has 101 heavy (non-hydrogen) atoms. The molecule has 0 spiro atoms. The molecule has 0 saturated carbocycles. The number of hydrogen-bond donors (Lipinski definition) is 1. The molecule has 470 valence electrons. The second-order valence-electron chi connectivity index (χ2n) is 25.4. The number of aromatic amines is 1. The summed E-state index contributed by atoms with van der Waals surface area (Å²) < 4.78 is 15.1. The van der Waals surface area contributed by atoms with Crippen LogP contribution in [-0.4, -0.2) is 29.5 Å². The predicted octanol–water partition coefficient (Wildman–Crippen LogP) is 27.6. The van der Waals surface area contributed by atoms with Gasteiger partial charge in [0.2, 0.25) is 11.2 Å². The van der Waals surface area contributed by atoms with Crippen molar-refractivity contribution < 1.29 is 0 Å². The average molecular weight is 1420 g/mol. The van der Waals surface area contributed by atoms with E-state index in [0.29, 0.717) is 11.2 Å². The van der Waals surface area contributed by atoms with E-state index in [1.807, 2.05) is 46.2 Å². The number of nitrogens with one attached hydrogen (secondary N) is 1. The number of H-pyrrole nitrogens is 1. The Hall–Kier alpha value is -11.1. The lowest BCUT2D eigenvalue weighted by Crippen LogP contribution is -2.03. The van der Waals surface area contributed by atoms with E-state index in [2.05, 4.69) is 286 Å². The van der Waals surface area contributed by atoms with Gasteiger partial charge < -0.3 is 0 Å². The molecule has 1 aliphatic rings. The van der Waals surface area contributed by atoms with E-state index < -0.39 is 0 Å². The van der Waals surface area contributed by atoms with Crippen molar-refractivity contribution in [3.05, 3.63) is 283 Å². The first kappa shape index (κ1) is 57.8. The molecule has 1 aliphatic carbocycles. The molecule has 0 fully saturated rings. The van der Waals surface area contributed by atoms with Crippen LogP contribution in [0.3, 0.4) is 0 Å². The average Bonchev–Trinajstić information content (AvgIpc) is 1.55. The molecule has 0 saturated heterocycles. The van der Waals surface area contributed by atoms with Gasteiger partial charge in [-0.05, 0) is 75.6 Å². The van der Waals surface area contributed by atoms with Crippen LogP contribution in [0, 0.1) is 6.08 Å². The molecule has 13 heteroatoms. The van der Waals surface area contributed by atoms with Crippen LogP contribution in [0.25, 0.3) is 216 Å². The third-order valence-corrected chi connectivity index (χ3v) is 27.1. The first-order chi connectivity index (χ1) is 50.0. The minimum Gasteiger partial charge on any atom is -0.299 e. The molecule has 0 unspecified atom stereocenters. The van der Waals surface area contributed by atoms with Crippen molar-refractivity contribution in [1.29, 1.82) is 0 Å². The van der Waals surface area contributed by atoms with E-state index in [4.69, 9.17) is 21.6 Å². The number of benzene rings is 13. The van der Waals surface area contributed by atoms with Gasteiger partial charge in [0.25, 0.3) is 0 Å². The fourth-order valence-corrected chi connectivity index (χ4v) is 23.1. The second kappa shape index (κ2) is 22.4. The number of allylic oxidation sites excluding steroid dienone is 2. The Morgan fingerprint density at radius 2 is 0.733 bits per heavy atom. The van der Waals surface area contributed by atoms with E-state index in [9.17, 15) is 0 Å². The van der Waals surface area contributed by atoms with Crippen molar-refractivity contribution >= 4 is 267 Å². The van der Waals surface area contributed by atoms with Gasteiger partial charge >= 0.3 is 0 Å². The van der Waals surface area contributed by atoms with Gasteiger partial charge in [-0.3, -0.25) is 9.55 Å². The van der Waals surface area contributed by atoms with E-state index in [-0.39, 0.29) is 0 Å².